The number of nitrogens with zero attached hydrogens (tertiary/aromatic N) is 1. The number of amides is 1. The molecule has 1 aliphatic heterocycles. The Morgan fingerprint density at radius 2 is 2.04 bits per heavy atom. The third-order valence-electron chi connectivity index (χ3n) is 3.83. The number of carbonyl (C=O) groups is 2. The second kappa shape index (κ2) is 7.72. The monoisotopic (exact) mass is 358 g/mol. The maximum atomic E-state index is 12.6. The van der Waals surface area contributed by atoms with Crippen LogP contribution >= 0.6 is 0 Å². The molecule has 0 saturated heterocycles. The lowest BCUT2D eigenvalue weighted by molar-refractivity contribution is -0.139. The summed E-state index contributed by atoms with van der Waals surface area (Å²) in [5, 5.41) is 2.65. The van der Waals surface area contributed by atoms with Crippen molar-refractivity contribution in [2.45, 2.75) is 57.7 Å². The molecule has 2 atom stereocenters. The molecule has 6 heteroatoms. The fourth-order valence-electron chi connectivity index (χ4n) is 2.69. The number of esters is 1. The Balaban J connectivity index is 2.18. The molecule has 0 radical (unpaired) electrons. The van der Waals surface area contributed by atoms with E-state index in [0.717, 1.165) is 5.56 Å². The third kappa shape index (κ3) is 4.94. The van der Waals surface area contributed by atoms with Crippen LogP contribution in [0.2, 0.25) is 0 Å². The van der Waals surface area contributed by atoms with E-state index in [9.17, 15) is 9.59 Å². The Hall–Kier alpha value is -2.63. The number of benzene rings is 1. The number of hydrogen-bond donors (Lipinski definition) is 1. The van der Waals surface area contributed by atoms with Crippen LogP contribution in [0, 0.1) is 0 Å². The summed E-state index contributed by atoms with van der Waals surface area (Å²) in [4.78, 5) is 29.1. The van der Waals surface area contributed by atoms with Crippen LogP contribution in [-0.4, -0.2) is 35.1 Å². The summed E-state index contributed by atoms with van der Waals surface area (Å²) in [5.41, 5.74) is -0.691. The minimum absolute atomic E-state index is 0.179. The van der Waals surface area contributed by atoms with Crippen molar-refractivity contribution in [1.29, 1.82) is 0 Å². The van der Waals surface area contributed by atoms with Gasteiger partial charge in [0, 0.05) is 12.8 Å². The zero-order chi connectivity index (χ0) is 19.4. The van der Waals surface area contributed by atoms with Crippen molar-refractivity contribution < 1.29 is 19.1 Å². The zero-order valence-electron chi connectivity index (χ0n) is 15.7. The Bertz CT molecular complexity index is 706. The van der Waals surface area contributed by atoms with Gasteiger partial charge in [0.15, 0.2) is 5.54 Å². The summed E-state index contributed by atoms with van der Waals surface area (Å²) >= 11 is 0. The fraction of sp³-hybridized carbons (Fsp3) is 0.450. The van der Waals surface area contributed by atoms with Crippen LogP contribution in [-0.2, 0) is 20.7 Å². The molecule has 26 heavy (non-hydrogen) atoms. The SMILES string of the molecule is C=CC[C@]1(Cc2ccccc2)N=C([C@H](C)NC(=O)OC(C)(C)C)OC1=O. The predicted octanol–water partition coefficient (Wildman–Crippen LogP) is 3.41. The van der Waals surface area contributed by atoms with Crippen molar-refractivity contribution in [2.24, 2.45) is 4.99 Å². The molecule has 6 nitrogen and oxygen atoms in total. The molecule has 0 unspecified atom stereocenters. The quantitative estimate of drug-likeness (QED) is 0.624. The summed E-state index contributed by atoms with van der Waals surface area (Å²) in [5.74, 6) is -0.257. The first-order valence-electron chi connectivity index (χ1n) is 8.61. The van der Waals surface area contributed by atoms with Crippen LogP contribution < -0.4 is 5.32 Å². The first-order chi connectivity index (χ1) is 12.1. The average Bonchev–Trinajstić information content (AvgIpc) is 2.83. The molecule has 1 amide bonds. The number of alkyl carbamates (subject to hydrolysis) is 1. The average molecular weight is 358 g/mol. The number of cyclic esters (lactones) is 1. The molecular weight excluding hydrogens is 332 g/mol. The van der Waals surface area contributed by atoms with E-state index in [2.05, 4.69) is 16.9 Å². The summed E-state index contributed by atoms with van der Waals surface area (Å²) in [6, 6.07) is 9.03. The summed E-state index contributed by atoms with van der Waals surface area (Å²) < 4.78 is 10.6. The molecular formula is C20H26N2O4. The van der Waals surface area contributed by atoms with E-state index >= 15 is 0 Å². The molecule has 1 aliphatic rings. The minimum Gasteiger partial charge on any atom is -0.444 e. The van der Waals surface area contributed by atoms with E-state index < -0.39 is 29.2 Å². The molecule has 140 valence electrons. The Morgan fingerprint density at radius 1 is 1.38 bits per heavy atom. The van der Waals surface area contributed by atoms with Crippen LogP contribution in [0.5, 0.6) is 0 Å². The molecule has 0 aliphatic carbocycles. The van der Waals surface area contributed by atoms with E-state index in [-0.39, 0.29) is 5.90 Å². The lowest BCUT2D eigenvalue weighted by Gasteiger charge is -2.21. The maximum absolute atomic E-state index is 12.6. The molecule has 1 aromatic carbocycles. The molecule has 0 fully saturated rings. The van der Waals surface area contributed by atoms with E-state index in [4.69, 9.17) is 9.47 Å². The smallest absolute Gasteiger partial charge is 0.408 e. The highest BCUT2D eigenvalue weighted by Gasteiger charge is 2.46. The molecule has 1 N–H and O–H groups in total. The van der Waals surface area contributed by atoms with Gasteiger partial charge in [-0.15, -0.1) is 6.58 Å². The van der Waals surface area contributed by atoms with Crippen molar-refractivity contribution in [3.63, 3.8) is 0 Å². The van der Waals surface area contributed by atoms with Crippen molar-refractivity contribution in [3.8, 4) is 0 Å². The highest BCUT2D eigenvalue weighted by Crippen LogP contribution is 2.30. The third-order valence-corrected chi connectivity index (χ3v) is 3.83. The van der Waals surface area contributed by atoms with E-state index in [1.54, 1.807) is 33.8 Å². The fourth-order valence-corrected chi connectivity index (χ4v) is 2.69. The van der Waals surface area contributed by atoms with Gasteiger partial charge in [-0.2, -0.15) is 0 Å². The van der Waals surface area contributed by atoms with Crippen molar-refractivity contribution >= 4 is 18.0 Å². The molecule has 1 aromatic rings. The second-order valence-electron chi connectivity index (χ2n) is 7.39. The highest BCUT2D eigenvalue weighted by atomic mass is 16.6. The van der Waals surface area contributed by atoms with Gasteiger partial charge >= 0.3 is 12.1 Å². The summed E-state index contributed by atoms with van der Waals surface area (Å²) in [6.45, 7) is 10.8. The van der Waals surface area contributed by atoms with Crippen LogP contribution in [0.1, 0.15) is 39.7 Å². The lowest BCUT2D eigenvalue weighted by atomic mass is 9.88. The first-order valence-corrected chi connectivity index (χ1v) is 8.61. The Kier molecular flexibility index (Phi) is 5.85. The van der Waals surface area contributed by atoms with Crippen LogP contribution in [0.3, 0.4) is 0 Å². The van der Waals surface area contributed by atoms with Gasteiger partial charge in [0.2, 0.25) is 5.90 Å². The van der Waals surface area contributed by atoms with E-state index in [1.165, 1.54) is 0 Å². The van der Waals surface area contributed by atoms with E-state index in [1.807, 2.05) is 30.3 Å². The minimum atomic E-state index is -1.05. The summed E-state index contributed by atoms with van der Waals surface area (Å²) in [7, 11) is 0. The summed E-state index contributed by atoms with van der Waals surface area (Å²) in [6.07, 6.45) is 1.82. The van der Waals surface area contributed by atoms with Crippen molar-refractivity contribution in [2.75, 3.05) is 0 Å². The molecule has 1 heterocycles. The lowest BCUT2D eigenvalue weighted by Crippen LogP contribution is -2.42. The zero-order valence-corrected chi connectivity index (χ0v) is 15.7. The number of ether oxygens (including phenoxy) is 2. The maximum Gasteiger partial charge on any atom is 0.408 e. The van der Waals surface area contributed by atoms with Gasteiger partial charge in [0.25, 0.3) is 0 Å². The van der Waals surface area contributed by atoms with Crippen LogP contribution in [0.15, 0.2) is 48.0 Å². The largest absolute Gasteiger partial charge is 0.444 e. The number of rotatable bonds is 6. The topological polar surface area (TPSA) is 77.0 Å². The van der Waals surface area contributed by atoms with Crippen LogP contribution in [0.4, 0.5) is 4.79 Å². The molecule has 2 rings (SSSR count). The Morgan fingerprint density at radius 3 is 2.62 bits per heavy atom. The van der Waals surface area contributed by atoms with Gasteiger partial charge in [-0.05, 0) is 33.3 Å². The normalized spacial score (nSPS) is 20.8. The highest BCUT2D eigenvalue weighted by molar-refractivity contribution is 6.03. The standard InChI is InChI=1S/C20H26N2O4/c1-6-12-20(13-15-10-8-7-9-11-15)17(23)25-16(22-20)14(2)21-18(24)26-19(3,4)5/h6-11,14H,1,12-13H2,2-5H3,(H,21,24)/t14-,20+/m0/s1. The Labute approximate surface area is 154 Å². The number of aliphatic imine (C=N–C) groups is 1. The number of carbonyl (C=O) groups excluding carboxylic acids is 2. The molecule has 0 aromatic heterocycles. The van der Waals surface area contributed by atoms with Crippen molar-refractivity contribution in [3.05, 3.63) is 48.6 Å². The van der Waals surface area contributed by atoms with Crippen molar-refractivity contribution in [1.82, 2.24) is 5.32 Å². The van der Waals surface area contributed by atoms with Gasteiger partial charge in [0.1, 0.15) is 11.6 Å². The van der Waals surface area contributed by atoms with Gasteiger partial charge in [-0.25, -0.2) is 14.6 Å². The molecule has 0 saturated carbocycles. The number of nitrogens with one attached hydrogen (secondary N) is 1. The van der Waals surface area contributed by atoms with Gasteiger partial charge in [0.05, 0.1) is 0 Å². The molecule has 0 bridgehead atoms. The van der Waals surface area contributed by atoms with Gasteiger partial charge in [-0.3, -0.25) is 0 Å². The van der Waals surface area contributed by atoms with E-state index in [0.29, 0.717) is 12.8 Å². The van der Waals surface area contributed by atoms with Gasteiger partial charge < -0.3 is 14.8 Å². The van der Waals surface area contributed by atoms with Crippen LogP contribution in [0.25, 0.3) is 0 Å². The first kappa shape index (κ1) is 19.7. The van der Waals surface area contributed by atoms with Gasteiger partial charge in [-0.1, -0.05) is 36.4 Å². The second-order valence-corrected chi connectivity index (χ2v) is 7.39. The molecule has 0 spiro atoms. The predicted molar refractivity (Wildman–Crippen MR) is 100 cm³/mol. The number of hydrogen-bond acceptors (Lipinski definition) is 5.